The maximum Gasteiger partial charge on any atom is 0.275 e. The van der Waals surface area contributed by atoms with Gasteiger partial charge in [-0.1, -0.05) is 11.8 Å². The number of nitrogens with zero attached hydrogens (tertiary/aromatic N) is 2. The normalized spacial score (nSPS) is 12.0. The number of hydrogen-bond donors (Lipinski definition) is 2. The van der Waals surface area contributed by atoms with E-state index in [1.165, 1.54) is 28.3 Å². The van der Waals surface area contributed by atoms with Gasteiger partial charge in [0.25, 0.3) is 5.56 Å². The summed E-state index contributed by atoms with van der Waals surface area (Å²) in [5, 5.41) is 18.7. The lowest BCUT2D eigenvalue weighted by molar-refractivity contribution is 0.253. The lowest BCUT2D eigenvalue weighted by Gasteiger charge is -2.08. The van der Waals surface area contributed by atoms with Crippen molar-refractivity contribution in [1.29, 1.82) is 0 Å². The van der Waals surface area contributed by atoms with Crippen LogP contribution in [0.25, 0.3) is 15.9 Å². The number of rotatable bonds is 1. The molecule has 0 radical (unpaired) electrons. The van der Waals surface area contributed by atoms with Crippen LogP contribution in [-0.2, 0) is 0 Å². The third-order valence-corrected chi connectivity index (χ3v) is 4.31. The highest BCUT2D eigenvalue weighted by atomic mass is 32.1. The van der Waals surface area contributed by atoms with Crippen LogP contribution in [-0.4, -0.2) is 25.9 Å². The molecule has 5 nitrogen and oxygen atoms in total. The Morgan fingerprint density at radius 2 is 2.13 bits per heavy atom. The van der Waals surface area contributed by atoms with E-state index in [1.807, 2.05) is 6.92 Å². The first kappa shape index (κ1) is 15.3. The predicted molar refractivity (Wildman–Crippen MR) is 90.2 cm³/mol. The fourth-order valence-corrected chi connectivity index (χ4v) is 3.13. The Balaban J connectivity index is 2.16. The van der Waals surface area contributed by atoms with Crippen LogP contribution in [0.1, 0.15) is 17.4 Å². The number of hydrogen-bond acceptors (Lipinski definition) is 5. The molecule has 0 bridgehead atoms. The molecular formula is C17H14N2O3S. The van der Waals surface area contributed by atoms with E-state index >= 15 is 0 Å². The van der Waals surface area contributed by atoms with Crippen LogP contribution in [0.5, 0.6) is 5.75 Å². The molecule has 3 rings (SSSR count). The van der Waals surface area contributed by atoms with Gasteiger partial charge in [0.15, 0.2) is 0 Å². The molecule has 0 saturated heterocycles. The number of fused-ring (bicyclic) bond motifs is 1. The van der Waals surface area contributed by atoms with Gasteiger partial charge in [0, 0.05) is 0 Å². The van der Waals surface area contributed by atoms with Gasteiger partial charge in [-0.05, 0) is 43.7 Å². The van der Waals surface area contributed by atoms with Crippen LogP contribution in [0.15, 0.2) is 35.4 Å². The van der Waals surface area contributed by atoms with Crippen molar-refractivity contribution in [2.24, 2.45) is 0 Å². The number of aryl methyl sites for hydroxylation is 1. The molecule has 0 aliphatic carbocycles. The van der Waals surface area contributed by atoms with E-state index in [-0.39, 0.29) is 11.3 Å². The van der Waals surface area contributed by atoms with Crippen LogP contribution in [0, 0.1) is 18.8 Å². The standard InChI is InChI=1S/C17H14N2O3S/c1-10-7-12(21)4-6-15(10)19-9-18-14-8-13(5-3-11(2)20)23-16(14)17(19)22/h4,6-9,11,20-21H,1-2H3. The van der Waals surface area contributed by atoms with Gasteiger partial charge in [0.2, 0.25) is 0 Å². The summed E-state index contributed by atoms with van der Waals surface area (Å²) < 4.78 is 1.97. The maximum absolute atomic E-state index is 12.7. The molecule has 23 heavy (non-hydrogen) atoms. The first-order valence-electron chi connectivity index (χ1n) is 6.96. The largest absolute Gasteiger partial charge is 0.508 e. The first-order chi connectivity index (χ1) is 11.0. The summed E-state index contributed by atoms with van der Waals surface area (Å²) >= 11 is 1.25. The van der Waals surface area contributed by atoms with Crippen molar-refractivity contribution < 1.29 is 10.2 Å². The van der Waals surface area contributed by atoms with Crippen molar-refractivity contribution >= 4 is 21.6 Å². The van der Waals surface area contributed by atoms with E-state index in [2.05, 4.69) is 16.8 Å². The van der Waals surface area contributed by atoms with Gasteiger partial charge in [-0.15, -0.1) is 11.3 Å². The molecule has 3 aromatic rings. The quantitative estimate of drug-likeness (QED) is 0.672. The van der Waals surface area contributed by atoms with Crippen molar-refractivity contribution in [2.45, 2.75) is 20.0 Å². The Bertz CT molecular complexity index is 1010. The summed E-state index contributed by atoms with van der Waals surface area (Å²) in [5.41, 5.74) is 1.85. The second-order valence-electron chi connectivity index (χ2n) is 5.16. The smallest absolute Gasteiger partial charge is 0.275 e. The topological polar surface area (TPSA) is 75.3 Å². The van der Waals surface area contributed by atoms with Gasteiger partial charge in [-0.25, -0.2) is 4.98 Å². The molecule has 0 spiro atoms. The van der Waals surface area contributed by atoms with Crippen LogP contribution in [0.4, 0.5) is 0 Å². The van der Waals surface area contributed by atoms with E-state index in [1.54, 1.807) is 25.1 Å². The van der Waals surface area contributed by atoms with E-state index in [9.17, 15) is 15.0 Å². The molecule has 0 amide bonds. The average Bonchev–Trinajstić information content (AvgIpc) is 2.91. The average molecular weight is 326 g/mol. The Kier molecular flexibility index (Phi) is 3.90. The summed E-state index contributed by atoms with van der Waals surface area (Å²) in [6, 6.07) is 6.55. The van der Waals surface area contributed by atoms with Gasteiger partial charge in [0.1, 0.15) is 22.9 Å². The minimum absolute atomic E-state index is 0.153. The fourth-order valence-electron chi connectivity index (χ4n) is 2.23. The third kappa shape index (κ3) is 2.97. The van der Waals surface area contributed by atoms with E-state index < -0.39 is 6.10 Å². The highest BCUT2D eigenvalue weighted by molar-refractivity contribution is 7.19. The molecule has 2 N–H and O–H groups in total. The Morgan fingerprint density at radius 1 is 1.35 bits per heavy atom. The number of aliphatic hydroxyl groups is 1. The Hall–Kier alpha value is -2.62. The molecule has 116 valence electrons. The third-order valence-electron chi connectivity index (χ3n) is 3.28. The zero-order chi connectivity index (χ0) is 16.6. The van der Waals surface area contributed by atoms with Crippen molar-refractivity contribution in [1.82, 2.24) is 9.55 Å². The molecule has 0 fully saturated rings. The van der Waals surface area contributed by atoms with Gasteiger partial charge in [-0.3, -0.25) is 9.36 Å². The van der Waals surface area contributed by atoms with Crippen molar-refractivity contribution in [3.8, 4) is 23.3 Å². The number of thiophene rings is 1. The van der Waals surface area contributed by atoms with Gasteiger partial charge in [0.05, 0.1) is 16.1 Å². The second-order valence-corrected chi connectivity index (χ2v) is 6.21. The van der Waals surface area contributed by atoms with Crippen molar-refractivity contribution in [3.05, 3.63) is 51.4 Å². The first-order valence-corrected chi connectivity index (χ1v) is 7.78. The number of aromatic nitrogens is 2. The van der Waals surface area contributed by atoms with Crippen molar-refractivity contribution in [2.75, 3.05) is 0 Å². The predicted octanol–water partition coefficient (Wildman–Crippen LogP) is 2.19. The molecule has 6 heteroatoms. The van der Waals surface area contributed by atoms with E-state index in [4.69, 9.17) is 0 Å². The molecule has 1 unspecified atom stereocenters. The SMILES string of the molecule is Cc1cc(O)ccc1-n1cnc2cc(C#CC(C)O)sc2c1=O. The Labute approximate surface area is 136 Å². The van der Waals surface area contributed by atoms with Gasteiger partial charge >= 0.3 is 0 Å². The van der Waals surface area contributed by atoms with E-state index in [0.717, 1.165) is 5.56 Å². The van der Waals surface area contributed by atoms with Crippen LogP contribution >= 0.6 is 11.3 Å². The molecule has 0 aliphatic rings. The van der Waals surface area contributed by atoms with Crippen LogP contribution < -0.4 is 5.56 Å². The molecule has 2 heterocycles. The Morgan fingerprint density at radius 3 is 2.83 bits per heavy atom. The highest BCUT2D eigenvalue weighted by Gasteiger charge is 2.11. The zero-order valence-corrected chi connectivity index (χ0v) is 13.4. The zero-order valence-electron chi connectivity index (χ0n) is 12.6. The lowest BCUT2D eigenvalue weighted by Crippen LogP contribution is -2.18. The molecule has 2 aromatic heterocycles. The lowest BCUT2D eigenvalue weighted by atomic mass is 10.2. The number of aliphatic hydroxyl groups excluding tert-OH is 1. The summed E-state index contributed by atoms with van der Waals surface area (Å²) in [6.45, 7) is 3.40. The van der Waals surface area contributed by atoms with Gasteiger partial charge < -0.3 is 10.2 Å². The summed E-state index contributed by atoms with van der Waals surface area (Å²) in [6.07, 6.45) is 0.757. The van der Waals surface area contributed by atoms with Crippen LogP contribution in [0.2, 0.25) is 0 Å². The minimum Gasteiger partial charge on any atom is -0.508 e. The minimum atomic E-state index is -0.718. The monoisotopic (exact) mass is 326 g/mol. The molecule has 0 aliphatic heterocycles. The number of phenolic OH excluding ortho intramolecular Hbond substituents is 1. The van der Waals surface area contributed by atoms with E-state index in [0.29, 0.717) is 20.8 Å². The van der Waals surface area contributed by atoms with Crippen molar-refractivity contribution in [3.63, 3.8) is 0 Å². The number of phenols is 1. The van der Waals surface area contributed by atoms with Gasteiger partial charge in [-0.2, -0.15) is 0 Å². The molecule has 1 atom stereocenters. The molecule has 0 saturated carbocycles. The highest BCUT2D eigenvalue weighted by Crippen LogP contribution is 2.22. The molecular weight excluding hydrogens is 312 g/mol. The second kappa shape index (κ2) is 5.88. The summed E-state index contributed by atoms with van der Waals surface area (Å²) in [5.74, 6) is 5.64. The van der Waals surface area contributed by atoms with Crippen LogP contribution in [0.3, 0.4) is 0 Å². The number of aromatic hydroxyl groups is 1. The summed E-state index contributed by atoms with van der Waals surface area (Å²) in [4.78, 5) is 17.7. The number of benzene rings is 1. The summed E-state index contributed by atoms with van der Waals surface area (Å²) in [7, 11) is 0. The fraction of sp³-hybridized carbons (Fsp3) is 0.176. The molecule has 1 aromatic carbocycles. The maximum atomic E-state index is 12.7.